The van der Waals surface area contributed by atoms with Crippen LogP contribution in [0.15, 0.2) is 30.0 Å². The van der Waals surface area contributed by atoms with Gasteiger partial charge in [0.05, 0.1) is 29.7 Å². The van der Waals surface area contributed by atoms with Gasteiger partial charge in [0, 0.05) is 17.4 Å². The Morgan fingerprint density at radius 1 is 1.42 bits per heavy atom. The maximum atomic E-state index is 12.2. The summed E-state index contributed by atoms with van der Waals surface area (Å²) in [5.41, 5.74) is 4.13. The quantitative estimate of drug-likeness (QED) is 0.735. The molecule has 1 amide bonds. The van der Waals surface area contributed by atoms with Crippen molar-refractivity contribution in [3.05, 3.63) is 40.6 Å². The van der Waals surface area contributed by atoms with E-state index in [1.807, 2.05) is 13.0 Å². The molecule has 0 unspecified atom stereocenters. The molecular weight excluding hydrogens is 328 g/mol. The van der Waals surface area contributed by atoms with E-state index in [1.54, 1.807) is 36.1 Å². The van der Waals surface area contributed by atoms with E-state index in [2.05, 4.69) is 25.8 Å². The molecule has 3 aromatic rings. The van der Waals surface area contributed by atoms with E-state index >= 15 is 0 Å². The number of thiazole rings is 1. The van der Waals surface area contributed by atoms with Crippen LogP contribution in [0, 0.1) is 6.92 Å². The van der Waals surface area contributed by atoms with Gasteiger partial charge in [0.1, 0.15) is 12.1 Å². The zero-order chi connectivity index (χ0) is 16.9. The minimum absolute atomic E-state index is 0.0729. The molecule has 9 heteroatoms. The summed E-state index contributed by atoms with van der Waals surface area (Å²) in [6.45, 7) is 1.95. The highest BCUT2D eigenvalue weighted by Gasteiger charge is 2.11. The lowest BCUT2D eigenvalue weighted by Crippen LogP contribution is -2.13. The van der Waals surface area contributed by atoms with Gasteiger partial charge in [-0.3, -0.25) is 4.79 Å². The van der Waals surface area contributed by atoms with Crippen molar-refractivity contribution >= 4 is 22.9 Å². The Hall–Kier alpha value is -2.81. The van der Waals surface area contributed by atoms with Gasteiger partial charge in [-0.25, -0.2) is 9.67 Å². The molecule has 2 heterocycles. The number of aromatic nitrogens is 5. The van der Waals surface area contributed by atoms with Crippen LogP contribution in [0.2, 0.25) is 0 Å². The maximum absolute atomic E-state index is 12.2. The highest BCUT2D eigenvalue weighted by molar-refractivity contribution is 7.09. The van der Waals surface area contributed by atoms with Crippen LogP contribution in [0.1, 0.15) is 17.0 Å². The SMILES string of the molecule is COc1cc(-n2cnnn2)ccc1NC(=O)CCc1scnc1C. The second kappa shape index (κ2) is 7.18. The Bertz CT molecular complexity index is 830. The highest BCUT2D eigenvalue weighted by atomic mass is 32.1. The molecule has 1 aromatic carbocycles. The number of hydrogen-bond acceptors (Lipinski definition) is 7. The van der Waals surface area contributed by atoms with Gasteiger partial charge < -0.3 is 10.1 Å². The van der Waals surface area contributed by atoms with Gasteiger partial charge in [0.15, 0.2) is 0 Å². The van der Waals surface area contributed by atoms with Gasteiger partial charge >= 0.3 is 0 Å². The lowest BCUT2D eigenvalue weighted by molar-refractivity contribution is -0.116. The fourth-order valence-electron chi connectivity index (χ4n) is 2.21. The molecule has 0 saturated carbocycles. The standard InChI is InChI=1S/C15H16N6O2S/c1-10-14(24-9-16-10)5-6-15(22)18-12-4-3-11(7-13(12)23-2)21-8-17-19-20-21/h3-4,7-9H,5-6H2,1-2H3,(H,18,22). The van der Waals surface area contributed by atoms with Crippen molar-refractivity contribution in [3.8, 4) is 11.4 Å². The zero-order valence-corrected chi connectivity index (χ0v) is 14.1. The van der Waals surface area contributed by atoms with Crippen molar-refractivity contribution < 1.29 is 9.53 Å². The fraction of sp³-hybridized carbons (Fsp3) is 0.267. The summed E-state index contributed by atoms with van der Waals surface area (Å²) in [6, 6.07) is 5.34. The molecule has 3 rings (SSSR count). The molecule has 24 heavy (non-hydrogen) atoms. The number of anilines is 1. The summed E-state index contributed by atoms with van der Waals surface area (Å²) >= 11 is 1.57. The predicted octanol–water partition coefficient (Wildman–Crippen LogP) is 2.01. The van der Waals surface area contributed by atoms with Crippen LogP contribution in [0.3, 0.4) is 0 Å². The van der Waals surface area contributed by atoms with Gasteiger partial charge in [-0.1, -0.05) is 0 Å². The van der Waals surface area contributed by atoms with Gasteiger partial charge in [-0.15, -0.1) is 16.4 Å². The lowest BCUT2D eigenvalue weighted by atomic mass is 10.2. The van der Waals surface area contributed by atoms with Crippen LogP contribution < -0.4 is 10.1 Å². The van der Waals surface area contributed by atoms with Gasteiger partial charge in [0.2, 0.25) is 5.91 Å². The summed E-state index contributed by atoms with van der Waals surface area (Å²) in [4.78, 5) is 17.5. The lowest BCUT2D eigenvalue weighted by Gasteiger charge is -2.11. The van der Waals surface area contributed by atoms with Crippen molar-refractivity contribution in [3.63, 3.8) is 0 Å². The van der Waals surface area contributed by atoms with Crippen LogP contribution in [0.4, 0.5) is 5.69 Å². The van der Waals surface area contributed by atoms with E-state index in [0.29, 0.717) is 24.3 Å². The van der Waals surface area contributed by atoms with E-state index in [0.717, 1.165) is 16.3 Å². The Balaban J connectivity index is 1.68. The van der Waals surface area contributed by atoms with Gasteiger partial charge in [-0.05, 0) is 35.9 Å². The number of tetrazole rings is 1. The van der Waals surface area contributed by atoms with Crippen LogP contribution in [-0.4, -0.2) is 38.2 Å². The average molecular weight is 344 g/mol. The number of nitrogens with one attached hydrogen (secondary N) is 1. The molecule has 0 bridgehead atoms. The first-order valence-corrected chi connectivity index (χ1v) is 8.15. The van der Waals surface area contributed by atoms with E-state index in [-0.39, 0.29) is 5.91 Å². The normalized spacial score (nSPS) is 10.6. The van der Waals surface area contributed by atoms with E-state index in [1.165, 1.54) is 11.0 Å². The van der Waals surface area contributed by atoms with Crippen molar-refractivity contribution in [1.82, 2.24) is 25.2 Å². The molecule has 0 spiro atoms. The number of aryl methyl sites for hydroxylation is 2. The molecule has 0 aliphatic heterocycles. The third-order valence-corrected chi connectivity index (χ3v) is 4.49. The Kier molecular flexibility index (Phi) is 4.80. The van der Waals surface area contributed by atoms with Crippen molar-refractivity contribution in [1.29, 1.82) is 0 Å². The summed E-state index contributed by atoms with van der Waals surface area (Å²) < 4.78 is 6.86. The van der Waals surface area contributed by atoms with E-state index in [4.69, 9.17) is 4.74 Å². The third kappa shape index (κ3) is 3.57. The zero-order valence-electron chi connectivity index (χ0n) is 13.3. The first-order chi connectivity index (χ1) is 11.7. The Morgan fingerprint density at radius 2 is 2.29 bits per heavy atom. The second-order valence-corrected chi connectivity index (χ2v) is 5.99. The minimum Gasteiger partial charge on any atom is -0.494 e. The summed E-state index contributed by atoms with van der Waals surface area (Å²) in [7, 11) is 1.55. The average Bonchev–Trinajstić information content (AvgIpc) is 3.25. The molecule has 0 saturated heterocycles. The Labute approximate surface area is 142 Å². The first kappa shape index (κ1) is 16.1. The first-order valence-electron chi connectivity index (χ1n) is 7.27. The minimum atomic E-state index is -0.0729. The van der Waals surface area contributed by atoms with Gasteiger partial charge in [-0.2, -0.15) is 0 Å². The van der Waals surface area contributed by atoms with Crippen LogP contribution in [0.25, 0.3) is 5.69 Å². The number of ether oxygens (including phenoxy) is 1. The molecular formula is C15H16N6O2S. The maximum Gasteiger partial charge on any atom is 0.224 e. The molecule has 0 fully saturated rings. The van der Waals surface area contributed by atoms with Crippen LogP contribution in [-0.2, 0) is 11.2 Å². The molecule has 0 atom stereocenters. The summed E-state index contributed by atoms with van der Waals surface area (Å²) in [6.07, 6.45) is 2.55. The molecule has 2 aromatic heterocycles. The smallest absolute Gasteiger partial charge is 0.224 e. The molecule has 8 nitrogen and oxygen atoms in total. The topological polar surface area (TPSA) is 94.8 Å². The monoisotopic (exact) mass is 344 g/mol. The predicted molar refractivity (Wildman–Crippen MR) is 89.5 cm³/mol. The number of nitrogens with zero attached hydrogens (tertiary/aromatic N) is 5. The summed E-state index contributed by atoms with van der Waals surface area (Å²) in [5, 5.41) is 13.9. The van der Waals surface area contributed by atoms with E-state index in [9.17, 15) is 4.79 Å². The Morgan fingerprint density at radius 3 is 2.96 bits per heavy atom. The van der Waals surface area contributed by atoms with Crippen LogP contribution >= 0.6 is 11.3 Å². The van der Waals surface area contributed by atoms with Crippen molar-refractivity contribution in [2.45, 2.75) is 19.8 Å². The van der Waals surface area contributed by atoms with Crippen molar-refractivity contribution in [2.24, 2.45) is 0 Å². The molecule has 1 N–H and O–H groups in total. The highest BCUT2D eigenvalue weighted by Crippen LogP contribution is 2.27. The molecule has 0 aliphatic carbocycles. The number of amides is 1. The second-order valence-electron chi connectivity index (χ2n) is 5.05. The molecule has 124 valence electrons. The number of benzene rings is 1. The number of rotatable bonds is 6. The van der Waals surface area contributed by atoms with Crippen LogP contribution in [0.5, 0.6) is 5.75 Å². The third-order valence-electron chi connectivity index (χ3n) is 3.50. The molecule has 0 aliphatic rings. The number of hydrogen-bond donors (Lipinski definition) is 1. The fourth-order valence-corrected chi connectivity index (χ4v) is 2.99. The largest absolute Gasteiger partial charge is 0.494 e. The number of carbonyl (C=O) groups excluding carboxylic acids is 1. The molecule has 0 radical (unpaired) electrons. The van der Waals surface area contributed by atoms with E-state index < -0.39 is 0 Å². The summed E-state index contributed by atoms with van der Waals surface area (Å²) in [5.74, 6) is 0.474. The number of methoxy groups -OCH3 is 1. The number of carbonyl (C=O) groups is 1. The van der Waals surface area contributed by atoms with Gasteiger partial charge in [0.25, 0.3) is 0 Å². The van der Waals surface area contributed by atoms with Crippen molar-refractivity contribution in [2.75, 3.05) is 12.4 Å².